The molecule has 128 valence electrons. The van der Waals surface area contributed by atoms with Gasteiger partial charge in [-0.3, -0.25) is 9.36 Å². The van der Waals surface area contributed by atoms with Crippen LogP contribution in [0.1, 0.15) is 29.3 Å². The van der Waals surface area contributed by atoms with E-state index in [4.69, 9.17) is 11.6 Å². The second-order valence-electron chi connectivity index (χ2n) is 5.92. The molecule has 0 spiro atoms. The number of rotatable bonds is 6. The zero-order valence-corrected chi connectivity index (χ0v) is 14.6. The summed E-state index contributed by atoms with van der Waals surface area (Å²) >= 11 is 6.17. The van der Waals surface area contributed by atoms with Crippen molar-refractivity contribution in [2.75, 3.05) is 0 Å². The molecule has 0 bridgehead atoms. The van der Waals surface area contributed by atoms with E-state index in [0.717, 1.165) is 29.1 Å². The molecular formula is C19H19ClN4O. The van der Waals surface area contributed by atoms with Crippen molar-refractivity contribution in [2.45, 2.75) is 25.8 Å². The molecule has 1 atom stereocenters. The lowest BCUT2D eigenvalue weighted by atomic mass is 10.1. The first-order valence-electron chi connectivity index (χ1n) is 8.13. The Hall–Kier alpha value is -2.66. The molecule has 0 aliphatic heterocycles. The van der Waals surface area contributed by atoms with Crippen LogP contribution >= 0.6 is 11.6 Å². The van der Waals surface area contributed by atoms with Crippen LogP contribution in [0.2, 0.25) is 5.02 Å². The van der Waals surface area contributed by atoms with Gasteiger partial charge in [0.2, 0.25) is 0 Å². The largest absolute Gasteiger partial charge is 0.350 e. The highest BCUT2D eigenvalue weighted by atomic mass is 35.5. The van der Waals surface area contributed by atoms with Crippen LogP contribution in [0.4, 0.5) is 0 Å². The molecule has 5 nitrogen and oxygen atoms in total. The number of nitrogens with one attached hydrogen (secondary N) is 1. The summed E-state index contributed by atoms with van der Waals surface area (Å²) in [5.74, 6) is -0.0815. The molecule has 0 radical (unpaired) electrons. The lowest BCUT2D eigenvalue weighted by Crippen LogP contribution is -2.32. The summed E-state index contributed by atoms with van der Waals surface area (Å²) in [4.78, 5) is 12.4. The second-order valence-corrected chi connectivity index (χ2v) is 6.33. The minimum atomic E-state index is -0.0815. The normalized spacial score (nSPS) is 11.9. The summed E-state index contributed by atoms with van der Waals surface area (Å²) in [6.45, 7) is 2.00. The van der Waals surface area contributed by atoms with Gasteiger partial charge < -0.3 is 5.32 Å². The molecular weight excluding hydrogens is 336 g/mol. The average molecular weight is 355 g/mol. The molecule has 0 fully saturated rings. The summed E-state index contributed by atoms with van der Waals surface area (Å²) in [5, 5.41) is 11.3. The van der Waals surface area contributed by atoms with Crippen molar-refractivity contribution in [2.24, 2.45) is 0 Å². The number of aromatic nitrogens is 3. The van der Waals surface area contributed by atoms with E-state index in [0.29, 0.717) is 5.56 Å². The minimum Gasteiger partial charge on any atom is -0.350 e. The Kier molecular flexibility index (Phi) is 5.46. The first-order valence-corrected chi connectivity index (χ1v) is 8.50. The van der Waals surface area contributed by atoms with Crippen molar-refractivity contribution >= 4 is 17.5 Å². The molecule has 3 aromatic rings. The number of halogens is 1. The summed E-state index contributed by atoms with van der Waals surface area (Å²) in [7, 11) is 0. The molecule has 1 aromatic heterocycles. The standard InChI is InChI=1S/C19H19ClN4O/c1-14(6-7-15-4-2-3-5-18(15)20)23-19(25)16-8-10-17(11-9-16)24-12-21-22-13-24/h2-5,8-14H,6-7H2,1H3,(H,23,25)/t14-/m1/s1. The van der Waals surface area contributed by atoms with Gasteiger partial charge in [-0.2, -0.15) is 0 Å². The van der Waals surface area contributed by atoms with Crippen LogP contribution in [-0.4, -0.2) is 26.7 Å². The van der Waals surface area contributed by atoms with Crippen LogP contribution in [0.3, 0.4) is 0 Å². The SMILES string of the molecule is C[C@H](CCc1ccccc1Cl)NC(=O)c1ccc(-n2cnnc2)cc1. The van der Waals surface area contributed by atoms with Crippen molar-refractivity contribution in [3.63, 3.8) is 0 Å². The lowest BCUT2D eigenvalue weighted by molar-refractivity contribution is 0.0938. The number of carbonyl (C=O) groups excluding carboxylic acids is 1. The van der Waals surface area contributed by atoms with Gasteiger partial charge in [-0.15, -0.1) is 10.2 Å². The van der Waals surface area contributed by atoms with Crippen molar-refractivity contribution < 1.29 is 4.79 Å². The number of hydrogen-bond acceptors (Lipinski definition) is 3. The van der Waals surface area contributed by atoms with Gasteiger partial charge >= 0.3 is 0 Å². The van der Waals surface area contributed by atoms with Crippen LogP contribution in [0, 0.1) is 0 Å². The van der Waals surface area contributed by atoms with E-state index in [1.165, 1.54) is 0 Å². The molecule has 2 aromatic carbocycles. The van der Waals surface area contributed by atoms with Gasteiger partial charge in [0.15, 0.2) is 0 Å². The molecule has 0 unspecified atom stereocenters. The Morgan fingerprint density at radius 1 is 1.12 bits per heavy atom. The minimum absolute atomic E-state index is 0.0568. The highest BCUT2D eigenvalue weighted by Crippen LogP contribution is 2.17. The first kappa shape index (κ1) is 17.2. The number of carbonyl (C=O) groups is 1. The average Bonchev–Trinajstić information content (AvgIpc) is 3.16. The van der Waals surface area contributed by atoms with Crippen molar-refractivity contribution in [3.8, 4) is 5.69 Å². The Labute approximate surface area is 151 Å². The van der Waals surface area contributed by atoms with E-state index in [9.17, 15) is 4.79 Å². The topological polar surface area (TPSA) is 59.8 Å². The fraction of sp³-hybridized carbons (Fsp3) is 0.211. The Morgan fingerprint density at radius 2 is 1.80 bits per heavy atom. The number of benzene rings is 2. The lowest BCUT2D eigenvalue weighted by Gasteiger charge is -2.14. The van der Waals surface area contributed by atoms with Gasteiger partial charge in [0.25, 0.3) is 5.91 Å². The molecule has 0 aliphatic rings. The van der Waals surface area contributed by atoms with Gasteiger partial charge in [-0.05, 0) is 55.7 Å². The zero-order chi connectivity index (χ0) is 17.6. The van der Waals surface area contributed by atoms with Crippen LogP contribution in [-0.2, 0) is 6.42 Å². The van der Waals surface area contributed by atoms with E-state index in [-0.39, 0.29) is 11.9 Å². The Morgan fingerprint density at radius 3 is 2.48 bits per heavy atom. The van der Waals surface area contributed by atoms with Crippen molar-refractivity contribution in [1.29, 1.82) is 0 Å². The molecule has 0 saturated carbocycles. The van der Waals surface area contributed by atoms with E-state index in [1.807, 2.05) is 43.3 Å². The fourth-order valence-electron chi connectivity index (χ4n) is 2.57. The molecule has 0 aliphatic carbocycles. The maximum Gasteiger partial charge on any atom is 0.251 e. The molecule has 0 saturated heterocycles. The summed E-state index contributed by atoms with van der Waals surface area (Å²) in [6.07, 6.45) is 4.89. The van der Waals surface area contributed by atoms with Crippen LogP contribution in [0.5, 0.6) is 0 Å². The third-order valence-electron chi connectivity index (χ3n) is 4.03. The number of hydrogen-bond donors (Lipinski definition) is 1. The van der Waals surface area contributed by atoms with Gasteiger partial charge in [0, 0.05) is 22.3 Å². The van der Waals surface area contributed by atoms with Crippen molar-refractivity contribution in [1.82, 2.24) is 20.1 Å². The second kappa shape index (κ2) is 7.94. The first-order chi connectivity index (χ1) is 12.1. The van der Waals surface area contributed by atoms with Gasteiger partial charge in [0.1, 0.15) is 12.7 Å². The highest BCUT2D eigenvalue weighted by Gasteiger charge is 2.11. The number of aryl methyl sites for hydroxylation is 1. The molecule has 6 heteroatoms. The van der Waals surface area contributed by atoms with Crippen LogP contribution in [0.15, 0.2) is 61.2 Å². The molecule has 1 N–H and O–H groups in total. The van der Waals surface area contributed by atoms with E-state index >= 15 is 0 Å². The Bertz CT molecular complexity index is 831. The van der Waals surface area contributed by atoms with E-state index in [1.54, 1.807) is 29.4 Å². The predicted octanol–water partition coefficient (Wildman–Crippen LogP) is 3.67. The predicted molar refractivity (Wildman–Crippen MR) is 98.1 cm³/mol. The van der Waals surface area contributed by atoms with Crippen LogP contribution in [0.25, 0.3) is 5.69 Å². The number of amides is 1. The number of nitrogens with zero attached hydrogens (tertiary/aromatic N) is 3. The van der Waals surface area contributed by atoms with E-state index in [2.05, 4.69) is 15.5 Å². The van der Waals surface area contributed by atoms with Gasteiger partial charge in [0.05, 0.1) is 0 Å². The summed E-state index contributed by atoms with van der Waals surface area (Å²) in [5.41, 5.74) is 2.64. The highest BCUT2D eigenvalue weighted by molar-refractivity contribution is 6.31. The van der Waals surface area contributed by atoms with E-state index < -0.39 is 0 Å². The maximum atomic E-state index is 12.4. The summed E-state index contributed by atoms with van der Waals surface area (Å²) < 4.78 is 1.79. The molecule has 25 heavy (non-hydrogen) atoms. The van der Waals surface area contributed by atoms with Gasteiger partial charge in [-0.1, -0.05) is 29.8 Å². The fourth-order valence-corrected chi connectivity index (χ4v) is 2.80. The third kappa shape index (κ3) is 4.45. The molecule has 3 rings (SSSR count). The Balaban J connectivity index is 1.55. The zero-order valence-electron chi connectivity index (χ0n) is 13.9. The van der Waals surface area contributed by atoms with Crippen molar-refractivity contribution in [3.05, 3.63) is 77.3 Å². The quantitative estimate of drug-likeness (QED) is 0.734. The maximum absolute atomic E-state index is 12.4. The molecule has 1 heterocycles. The monoisotopic (exact) mass is 354 g/mol. The third-order valence-corrected chi connectivity index (χ3v) is 4.40. The summed E-state index contributed by atoms with van der Waals surface area (Å²) in [6, 6.07) is 15.2. The van der Waals surface area contributed by atoms with Gasteiger partial charge in [-0.25, -0.2) is 0 Å². The molecule has 1 amide bonds. The smallest absolute Gasteiger partial charge is 0.251 e. The van der Waals surface area contributed by atoms with Crippen LogP contribution < -0.4 is 5.32 Å².